The van der Waals surface area contributed by atoms with Gasteiger partial charge < -0.3 is 4.74 Å². The van der Waals surface area contributed by atoms with E-state index in [4.69, 9.17) is 4.74 Å². The van der Waals surface area contributed by atoms with Crippen LogP contribution in [0.15, 0.2) is 66.7 Å². The SMILES string of the molecule is CCC(C(=O)Oc1ccc2ccccc2n1)c1ccccc1. The van der Waals surface area contributed by atoms with Gasteiger partial charge in [-0.2, -0.15) is 0 Å². The zero-order valence-electron chi connectivity index (χ0n) is 12.4. The molecule has 0 spiro atoms. The van der Waals surface area contributed by atoms with Gasteiger partial charge in [0.2, 0.25) is 5.88 Å². The van der Waals surface area contributed by atoms with Crippen molar-refractivity contribution in [3.8, 4) is 5.88 Å². The number of nitrogens with zero attached hydrogens (tertiary/aromatic N) is 1. The van der Waals surface area contributed by atoms with Crippen LogP contribution >= 0.6 is 0 Å². The van der Waals surface area contributed by atoms with E-state index in [0.717, 1.165) is 16.5 Å². The van der Waals surface area contributed by atoms with Gasteiger partial charge in [0.15, 0.2) is 0 Å². The van der Waals surface area contributed by atoms with Crippen molar-refractivity contribution >= 4 is 16.9 Å². The number of para-hydroxylation sites is 1. The maximum Gasteiger partial charge on any atom is 0.320 e. The number of ether oxygens (including phenoxy) is 1. The number of carbonyl (C=O) groups excluding carboxylic acids is 1. The van der Waals surface area contributed by atoms with Crippen LogP contribution in [0.25, 0.3) is 10.9 Å². The molecule has 0 saturated carbocycles. The van der Waals surface area contributed by atoms with Gasteiger partial charge in [0.05, 0.1) is 11.4 Å². The lowest BCUT2D eigenvalue weighted by Gasteiger charge is -2.14. The van der Waals surface area contributed by atoms with Crippen molar-refractivity contribution in [3.05, 3.63) is 72.3 Å². The first-order valence-electron chi connectivity index (χ1n) is 7.40. The van der Waals surface area contributed by atoms with Crippen LogP contribution in [0.1, 0.15) is 24.8 Å². The predicted molar refractivity (Wildman–Crippen MR) is 86.9 cm³/mol. The fourth-order valence-electron chi connectivity index (χ4n) is 2.50. The van der Waals surface area contributed by atoms with Crippen LogP contribution in [0.4, 0.5) is 0 Å². The minimum atomic E-state index is -0.269. The molecular weight excluding hydrogens is 274 g/mol. The lowest BCUT2D eigenvalue weighted by Crippen LogP contribution is -2.18. The van der Waals surface area contributed by atoms with Gasteiger partial charge in [0.1, 0.15) is 0 Å². The molecule has 0 saturated heterocycles. The Hall–Kier alpha value is -2.68. The summed E-state index contributed by atoms with van der Waals surface area (Å²) < 4.78 is 5.48. The molecule has 1 unspecified atom stereocenters. The molecule has 3 heteroatoms. The summed E-state index contributed by atoms with van der Waals surface area (Å²) in [4.78, 5) is 16.8. The number of aromatic nitrogens is 1. The lowest BCUT2D eigenvalue weighted by atomic mass is 9.97. The standard InChI is InChI=1S/C19H17NO2/c1-2-16(14-8-4-3-5-9-14)19(21)22-18-13-12-15-10-6-7-11-17(15)20-18/h3-13,16H,2H2,1H3. The number of hydrogen-bond donors (Lipinski definition) is 0. The molecule has 0 radical (unpaired) electrons. The van der Waals surface area contributed by atoms with Crippen LogP contribution < -0.4 is 4.74 Å². The number of carbonyl (C=O) groups is 1. The molecule has 22 heavy (non-hydrogen) atoms. The largest absolute Gasteiger partial charge is 0.407 e. The number of fused-ring (bicyclic) bond motifs is 1. The second-order valence-corrected chi connectivity index (χ2v) is 5.13. The molecule has 3 aromatic rings. The third-order valence-corrected chi connectivity index (χ3v) is 3.67. The average molecular weight is 291 g/mol. The van der Waals surface area contributed by atoms with Crippen molar-refractivity contribution in [2.75, 3.05) is 0 Å². The minimum absolute atomic E-state index is 0.267. The van der Waals surface area contributed by atoms with E-state index in [1.165, 1.54) is 0 Å². The summed E-state index contributed by atoms with van der Waals surface area (Å²) in [6.07, 6.45) is 0.691. The molecule has 0 aliphatic heterocycles. The summed E-state index contributed by atoms with van der Waals surface area (Å²) in [5.41, 5.74) is 1.79. The normalized spacial score (nSPS) is 12.0. The fourth-order valence-corrected chi connectivity index (χ4v) is 2.50. The molecule has 1 heterocycles. The first-order chi connectivity index (χ1) is 10.8. The topological polar surface area (TPSA) is 39.2 Å². The van der Waals surface area contributed by atoms with E-state index < -0.39 is 0 Å². The van der Waals surface area contributed by atoms with E-state index in [-0.39, 0.29) is 11.9 Å². The Labute approximate surface area is 129 Å². The summed E-state index contributed by atoms with van der Waals surface area (Å²) >= 11 is 0. The highest BCUT2D eigenvalue weighted by Crippen LogP contribution is 2.23. The maximum atomic E-state index is 12.4. The molecule has 0 aliphatic rings. The van der Waals surface area contributed by atoms with Gasteiger partial charge in [0.25, 0.3) is 0 Å². The van der Waals surface area contributed by atoms with Crippen LogP contribution in [0.5, 0.6) is 5.88 Å². The van der Waals surface area contributed by atoms with Gasteiger partial charge >= 0.3 is 5.97 Å². The van der Waals surface area contributed by atoms with Crippen molar-refractivity contribution in [2.45, 2.75) is 19.3 Å². The van der Waals surface area contributed by atoms with Crippen LogP contribution in [0.2, 0.25) is 0 Å². The Morgan fingerprint density at radius 1 is 1.00 bits per heavy atom. The molecule has 2 aromatic carbocycles. The smallest absolute Gasteiger partial charge is 0.320 e. The molecule has 3 nitrogen and oxygen atoms in total. The monoisotopic (exact) mass is 291 g/mol. The zero-order valence-corrected chi connectivity index (χ0v) is 12.4. The number of benzene rings is 2. The molecule has 0 bridgehead atoms. The van der Waals surface area contributed by atoms with Crippen LogP contribution in [0, 0.1) is 0 Å². The molecule has 110 valence electrons. The van der Waals surface area contributed by atoms with Gasteiger partial charge in [-0.25, -0.2) is 4.98 Å². The van der Waals surface area contributed by atoms with E-state index in [0.29, 0.717) is 12.3 Å². The quantitative estimate of drug-likeness (QED) is 0.671. The Balaban J connectivity index is 1.82. The van der Waals surface area contributed by atoms with Crippen LogP contribution in [-0.4, -0.2) is 11.0 Å². The molecule has 1 aromatic heterocycles. The first kappa shape index (κ1) is 14.3. The van der Waals surface area contributed by atoms with Gasteiger partial charge in [-0.3, -0.25) is 4.79 Å². The second kappa shape index (κ2) is 6.39. The average Bonchev–Trinajstić information content (AvgIpc) is 2.56. The van der Waals surface area contributed by atoms with Gasteiger partial charge in [-0.1, -0.05) is 55.5 Å². The molecule has 1 atom stereocenters. The summed E-state index contributed by atoms with van der Waals surface area (Å²) in [5, 5.41) is 1.03. The first-order valence-corrected chi connectivity index (χ1v) is 7.40. The van der Waals surface area contributed by atoms with Gasteiger partial charge in [-0.15, -0.1) is 0 Å². The lowest BCUT2D eigenvalue weighted by molar-refractivity contribution is -0.136. The van der Waals surface area contributed by atoms with E-state index >= 15 is 0 Å². The number of pyridine rings is 1. The Morgan fingerprint density at radius 3 is 2.50 bits per heavy atom. The predicted octanol–water partition coefficient (Wildman–Crippen LogP) is 4.33. The summed E-state index contributed by atoms with van der Waals surface area (Å²) in [6.45, 7) is 1.98. The van der Waals surface area contributed by atoms with E-state index in [9.17, 15) is 4.79 Å². The molecule has 0 amide bonds. The minimum Gasteiger partial charge on any atom is -0.407 e. The van der Waals surface area contributed by atoms with Gasteiger partial charge in [0, 0.05) is 11.5 Å². The van der Waals surface area contributed by atoms with Crippen molar-refractivity contribution in [1.29, 1.82) is 0 Å². The van der Waals surface area contributed by atoms with Crippen LogP contribution in [0.3, 0.4) is 0 Å². The van der Waals surface area contributed by atoms with E-state index in [2.05, 4.69) is 4.98 Å². The molecule has 0 aliphatic carbocycles. The number of hydrogen-bond acceptors (Lipinski definition) is 3. The molecule has 0 fully saturated rings. The highest BCUT2D eigenvalue weighted by molar-refractivity contribution is 5.82. The third kappa shape index (κ3) is 2.98. The zero-order chi connectivity index (χ0) is 15.4. The van der Waals surface area contributed by atoms with E-state index in [1.807, 2.05) is 67.6 Å². The van der Waals surface area contributed by atoms with E-state index in [1.54, 1.807) is 6.07 Å². The van der Waals surface area contributed by atoms with Crippen LogP contribution in [-0.2, 0) is 4.79 Å². The number of esters is 1. The Morgan fingerprint density at radius 2 is 1.73 bits per heavy atom. The molecule has 3 rings (SSSR count). The second-order valence-electron chi connectivity index (χ2n) is 5.13. The Kier molecular flexibility index (Phi) is 4.15. The van der Waals surface area contributed by atoms with Crippen molar-refractivity contribution in [2.24, 2.45) is 0 Å². The summed E-state index contributed by atoms with van der Waals surface area (Å²) in [7, 11) is 0. The third-order valence-electron chi connectivity index (χ3n) is 3.67. The molecule has 0 N–H and O–H groups in total. The Bertz CT molecular complexity index is 784. The highest BCUT2D eigenvalue weighted by Gasteiger charge is 2.21. The summed E-state index contributed by atoms with van der Waals surface area (Å²) in [6, 6.07) is 21.1. The van der Waals surface area contributed by atoms with Crippen molar-refractivity contribution in [1.82, 2.24) is 4.98 Å². The summed E-state index contributed by atoms with van der Waals surface area (Å²) in [5.74, 6) is -0.191. The van der Waals surface area contributed by atoms with Crippen molar-refractivity contribution < 1.29 is 9.53 Å². The molecular formula is C19H17NO2. The van der Waals surface area contributed by atoms with Gasteiger partial charge in [-0.05, 0) is 24.1 Å². The highest BCUT2D eigenvalue weighted by atomic mass is 16.5. The van der Waals surface area contributed by atoms with Crippen molar-refractivity contribution in [3.63, 3.8) is 0 Å². The fraction of sp³-hybridized carbons (Fsp3) is 0.158. The maximum absolute atomic E-state index is 12.4. The number of rotatable bonds is 4.